The van der Waals surface area contributed by atoms with E-state index in [1.807, 2.05) is 48.5 Å². The van der Waals surface area contributed by atoms with Crippen molar-refractivity contribution in [2.75, 3.05) is 0 Å². The first-order valence-electron chi connectivity index (χ1n) is 7.15. The summed E-state index contributed by atoms with van der Waals surface area (Å²) in [5.74, 6) is 0. The Balaban J connectivity index is -0.000000365. The first-order chi connectivity index (χ1) is 13.5. The number of aromatic nitrogens is 2. The Bertz CT molecular complexity index is 712. The predicted octanol–water partition coefficient (Wildman–Crippen LogP) is 3.50. The first kappa shape index (κ1) is 30.8. The van der Waals surface area contributed by atoms with Crippen LogP contribution >= 0.6 is 0 Å². The molecule has 157 valence electrons. The zero-order valence-corrected chi connectivity index (χ0v) is 17.8. The van der Waals surface area contributed by atoms with Gasteiger partial charge in [0.05, 0.1) is 0 Å². The quantitative estimate of drug-likeness (QED) is 0.329. The minimum Gasteiger partial charge on any atom is -0.579 e. The van der Waals surface area contributed by atoms with E-state index in [-0.39, 0.29) is 26.1 Å². The van der Waals surface area contributed by atoms with Crippen molar-refractivity contribution in [3.63, 3.8) is 0 Å². The molecule has 0 saturated carbocycles. The maximum absolute atomic E-state index is 11.7. The van der Waals surface area contributed by atoms with E-state index in [9.17, 15) is 13.2 Å². The van der Waals surface area contributed by atoms with Crippen molar-refractivity contribution in [3.05, 3.63) is 78.1 Å². The Labute approximate surface area is 181 Å². The monoisotopic (exact) mass is 575 g/mol. The third-order valence-electron chi connectivity index (χ3n) is 2.66. The molecule has 3 aromatic rings. The fourth-order valence-electron chi connectivity index (χ4n) is 1.65. The van der Waals surface area contributed by atoms with Crippen LogP contribution in [0.1, 0.15) is 11.4 Å². The van der Waals surface area contributed by atoms with E-state index in [0.29, 0.717) is 0 Å². The number of hydrogen-bond donors (Lipinski definition) is 0. The fraction of sp³-hybridized carbons (Fsp3) is 0.100. The van der Waals surface area contributed by atoms with Gasteiger partial charge in [0.15, 0.2) is 0 Å². The van der Waals surface area contributed by atoms with Crippen molar-refractivity contribution in [1.82, 2.24) is 10.2 Å². The molecule has 0 fully saturated rings. The summed E-state index contributed by atoms with van der Waals surface area (Å²) in [6.45, 7) is 11.2. The van der Waals surface area contributed by atoms with Crippen LogP contribution in [-0.4, -0.2) is 25.5 Å². The Morgan fingerprint density at radius 3 is 1.48 bits per heavy atom. The number of nitrogens with zero attached hydrogens (tertiary/aromatic N) is 2. The molecule has 0 saturated heterocycles. The molecule has 0 aliphatic heterocycles. The van der Waals surface area contributed by atoms with Gasteiger partial charge in [0, 0.05) is 20.4 Å². The molecular weight excluding hydrogens is 559 g/mol. The van der Waals surface area contributed by atoms with Crippen molar-refractivity contribution in [2.45, 2.75) is 13.1 Å². The van der Waals surface area contributed by atoms with E-state index >= 15 is 0 Å². The summed E-state index contributed by atoms with van der Waals surface area (Å²) >= 11 is 0. The summed E-state index contributed by atoms with van der Waals surface area (Å²) < 4.78 is 35.1. The van der Waals surface area contributed by atoms with Gasteiger partial charge in [0.25, 0.3) is 0 Å². The summed E-state index contributed by atoms with van der Waals surface area (Å²) in [5, 5.41) is 6.13. The number of aryl methyl sites for hydroxylation is 1. The second-order valence-corrected chi connectivity index (χ2v) is 4.42. The standard InChI is InChI=1S/C12H8.C5H4F3N2.3CHO.Re/c1-3-7-11(8-4-1)12-9-5-2-6-10-12;1-3-2-4(10-9-3)5(6,7)8;3*1-2;/h1-7,9H;2H,1H3;3*1H;/q-2;4*-1;. The molecule has 1 radical (unpaired) electrons. The van der Waals surface area contributed by atoms with Crippen molar-refractivity contribution < 1.29 is 48.0 Å². The van der Waals surface area contributed by atoms with Gasteiger partial charge in [-0.05, 0) is 0 Å². The number of benzene rings is 2. The zero-order chi connectivity index (χ0) is 22.0. The van der Waals surface area contributed by atoms with E-state index in [4.69, 9.17) is 14.4 Å². The van der Waals surface area contributed by atoms with Crippen LogP contribution in [0, 0.1) is 19.1 Å². The molecule has 3 rings (SSSR count). The summed E-state index contributed by atoms with van der Waals surface area (Å²) in [6, 6.07) is 23.0. The molecule has 2 aromatic carbocycles. The average molecular weight is 575 g/mol. The third kappa shape index (κ3) is 13.0. The van der Waals surface area contributed by atoms with Gasteiger partial charge >= 0.3 is 6.18 Å². The van der Waals surface area contributed by atoms with E-state index in [1.54, 1.807) is 0 Å². The molecule has 29 heavy (non-hydrogen) atoms. The average Bonchev–Trinajstić information content (AvgIpc) is 3.21. The second kappa shape index (κ2) is 18.5. The molecule has 0 N–H and O–H groups in total. The van der Waals surface area contributed by atoms with Crippen LogP contribution in [-0.2, 0) is 41.0 Å². The Hall–Kier alpha value is -2.89. The van der Waals surface area contributed by atoms with Gasteiger partial charge < -0.3 is 24.6 Å². The minimum absolute atomic E-state index is 0. The van der Waals surface area contributed by atoms with Crippen LogP contribution < -0.4 is 5.10 Å². The van der Waals surface area contributed by atoms with Crippen molar-refractivity contribution in [1.29, 1.82) is 0 Å². The summed E-state index contributed by atoms with van der Waals surface area (Å²) in [4.78, 5) is 23.2. The smallest absolute Gasteiger partial charge is 0.431 e. The normalized spacial score (nSPS) is 8.55. The van der Waals surface area contributed by atoms with Crippen molar-refractivity contribution in [2.24, 2.45) is 0 Å². The Morgan fingerprint density at radius 1 is 0.862 bits per heavy atom. The summed E-state index contributed by atoms with van der Waals surface area (Å²) in [7, 11) is 0. The number of alkyl halides is 3. The summed E-state index contributed by atoms with van der Waals surface area (Å²) in [5.41, 5.74) is 1.55. The summed E-state index contributed by atoms with van der Waals surface area (Å²) in [6.07, 6.45) is -4.36. The minimum atomic E-state index is -4.36. The maximum atomic E-state index is 11.7. The van der Waals surface area contributed by atoms with Crippen LogP contribution in [0.3, 0.4) is 0 Å². The van der Waals surface area contributed by atoms with Gasteiger partial charge in [0.2, 0.25) is 0 Å². The third-order valence-corrected chi connectivity index (χ3v) is 2.66. The van der Waals surface area contributed by atoms with E-state index in [1.165, 1.54) is 6.92 Å². The number of halogens is 3. The van der Waals surface area contributed by atoms with Gasteiger partial charge in [-0.2, -0.15) is 61.7 Å². The van der Waals surface area contributed by atoms with Gasteiger partial charge in [-0.1, -0.05) is 13.0 Å². The number of carbonyl (C=O) groups excluding carboxylic acids is 3. The van der Waals surface area contributed by atoms with Crippen molar-refractivity contribution >= 4 is 20.4 Å². The molecule has 0 spiro atoms. The van der Waals surface area contributed by atoms with Gasteiger partial charge in [-0.3, -0.25) is 20.4 Å². The van der Waals surface area contributed by atoms with Crippen LogP contribution in [0.4, 0.5) is 13.2 Å². The predicted molar refractivity (Wildman–Crippen MR) is 97.1 cm³/mol. The van der Waals surface area contributed by atoms with Gasteiger partial charge in [0.1, 0.15) is 5.69 Å². The molecule has 1 aromatic heterocycles. The molecule has 1 heterocycles. The van der Waals surface area contributed by atoms with E-state index < -0.39 is 11.9 Å². The SMILES string of the molecule is Cc1cc(C(F)(F)F)n[n-]1.[CH-]=O.[CH-]=O.[CH-]=O.[Re].[c-]1ccccc1-c1[c-]cccc1. The molecule has 0 unspecified atom stereocenters. The first-order valence-corrected chi connectivity index (χ1v) is 7.15. The zero-order valence-electron chi connectivity index (χ0n) is 15.1. The van der Waals surface area contributed by atoms with E-state index in [2.05, 4.69) is 42.7 Å². The van der Waals surface area contributed by atoms with Crippen LogP contribution in [0.15, 0.2) is 54.6 Å². The molecule has 0 atom stereocenters. The van der Waals surface area contributed by atoms with Crippen LogP contribution in [0.2, 0.25) is 0 Å². The molecule has 0 aliphatic rings. The Kier molecular flexibility index (Phi) is 19.6. The van der Waals surface area contributed by atoms with Gasteiger partial charge in [-0.15, -0.1) is 17.8 Å². The molecule has 0 amide bonds. The fourth-order valence-corrected chi connectivity index (χ4v) is 1.65. The van der Waals surface area contributed by atoms with E-state index in [0.717, 1.165) is 17.2 Å². The van der Waals surface area contributed by atoms with Crippen LogP contribution in [0.5, 0.6) is 0 Å². The van der Waals surface area contributed by atoms with Gasteiger partial charge in [-0.25, -0.2) is 11.1 Å². The number of rotatable bonds is 1. The number of hydrogen-bond acceptors (Lipinski definition) is 4. The molecule has 5 nitrogen and oxygen atoms in total. The molecule has 0 aliphatic carbocycles. The molecular formula is C20H15F3N2O3Re-6. The Morgan fingerprint density at radius 2 is 1.28 bits per heavy atom. The largest absolute Gasteiger partial charge is 0.579 e. The van der Waals surface area contributed by atoms with Crippen LogP contribution in [0.25, 0.3) is 11.1 Å². The van der Waals surface area contributed by atoms with Crippen molar-refractivity contribution in [3.8, 4) is 11.1 Å². The molecule has 0 bridgehead atoms. The topological polar surface area (TPSA) is 78.2 Å². The molecule has 9 heteroatoms. The maximum Gasteiger partial charge on any atom is 0.431 e. The second-order valence-electron chi connectivity index (χ2n) is 4.42.